The molecule has 0 aliphatic carbocycles. The van der Waals surface area contributed by atoms with Gasteiger partial charge in [0.15, 0.2) is 0 Å². The van der Waals surface area contributed by atoms with Gasteiger partial charge in [-0.3, -0.25) is 10.2 Å². The van der Waals surface area contributed by atoms with Crippen molar-refractivity contribution in [2.75, 3.05) is 6.61 Å². The molecule has 0 atom stereocenters. The summed E-state index contributed by atoms with van der Waals surface area (Å²) in [5.41, 5.74) is 4.12. The minimum atomic E-state index is -0.299. The normalized spacial score (nSPS) is 10.4. The first-order valence-electron chi connectivity index (χ1n) is 6.83. The van der Waals surface area contributed by atoms with Crippen molar-refractivity contribution in [1.82, 2.24) is 10.4 Å². The molecule has 0 fully saturated rings. The highest BCUT2D eigenvalue weighted by Gasteiger charge is 2.13. The maximum Gasteiger partial charge on any atom is 0.277 e. The fraction of sp³-hybridized carbons (Fsp3) is 0.333. The van der Waals surface area contributed by atoms with Gasteiger partial charge in [0, 0.05) is 6.42 Å². The average Bonchev–Trinajstić information content (AvgIpc) is 2.88. The van der Waals surface area contributed by atoms with Crippen LogP contribution in [0.3, 0.4) is 0 Å². The largest absolute Gasteiger partial charge is 0.493 e. The van der Waals surface area contributed by atoms with Gasteiger partial charge in [-0.1, -0.05) is 19.1 Å². The van der Waals surface area contributed by atoms with Crippen molar-refractivity contribution < 1.29 is 9.53 Å². The lowest BCUT2D eigenvalue weighted by Gasteiger charge is -2.05. The van der Waals surface area contributed by atoms with Gasteiger partial charge in [-0.15, -0.1) is 11.3 Å². The van der Waals surface area contributed by atoms with Crippen molar-refractivity contribution in [3.63, 3.8) is 0 Å². The number of carbonyl (C=O) groups excluding carboxylic acids is 1. The Hall–Kier alpha value is -1.92. The molecule has 1 amide bonds. The van der Waals surface area contributed by atoms with Crippen molar-refractivity contribution in [3.8, 4) is 5.75 Å². The molecule has 3 N–H and O–H groups in total. The molecule has 0 aliphatic rings. The molecule has 2 rings (SSSR count). The van der Waals surface area contributed by atoms with Crippen molar-refractivity contribution >= 4 is 17.2 Å². The fourth-order valence-corrected chi connectivity index (χ4v) is 2.86. The van der Waals surface area contributed by atoms with Crippen LogP contribution in [0.5, 0.6) is 5.75 Å². The summed E-state index contributed by atoms with van der Waals surface area (Å²) in [5.74, 6) is 5.69. The molecule has 112 valence electrons. The number of nitrogen functional groups attached to an aromatic ring is 1. The molecule has 21 heavy (non-hydrogen) atoms. The molecule has 1 aromatic carbocycles. The van der Waals surface area contributed by atoms with Crippen LogP contribution in [0, 0.1) is 6.92 Å². The van der Waals surface area contributed by atoms with Crippen molar-refractivity contribution in [3.05, 3.63) is 45.4 Å². The summed E-state index contributed by atoms with van der Waals surface area (Å²) in [6.45, 7) is 4.45. The lowest BCUT2D eigenvalue weighted by Crippen LogP contribution is -2.29. The molecule has 0 radical (unpaired) electrons. The van der Waals surface area contributed by atoms with Crippen LogP contribution in [0.2, 0.25) is 0 Å². The van der Waals surface area contributed by atoms with E-state index in [-0.39, 0.29) is 5.91 Å². The number of hydrazine groups is 1. The van der Waals surface area contributed by atoms with E-state index < -0.39 is 0 Å². The summed E-state index contributed by atoms with van der Waals surface area (Å²) in [4.78, 5) is 16.4. The van der Waals surface area contributed by atoms with E-state index in [4.69, 9.17) is 10.6 Å². The van der Waals surface area contributed by atoms with Crippen LogP contribution in [-0.2, 0) is 12.8 Å². The van der Waals surface area contributed by atoms with E-state index in [1.165, 1.54) is 16.9 Å². The average molecular weight is 305 g/mol. The van der Waals surface area contributed by atoms with Crippen LogP contribution in [0.15, 0.2) is 24.3 Å². The van der Waals surface area contributed by atoms with E-state index in [1.54, 1.807) is 6.92 Å². The number of nitrogens with one attached hydrogen (secondary N) is 1. The fourth-order valence-electron chi connectivity index (χ4n) is 1.91. The molecule has 1 heterocycles. The first-order valence-corrected chi connectivity index (χ1v) is 7.64. The zero-order chi connectivity index (χ0) is 15.2. The third kappa shape index (κ3) is 4.03. The second kappa shape index (κ2) is 7.19. The molecular weight excluding hydrogens is 286 g/mol. The zero-order valence-corrected chi connectivity index (χ0v) is 13.0. The summed E-state index contributed by atoms with van der Waals surface area (Å²) in [5, 5.41) is 0.872. The summed E-state index contributed by atoms with van der Waals surface area (Å²) in [6, 6.07) is 8.07. The highest BCUT2D eigenvalue weighted by molar-refractivity contribution is 7.13. The van der Waals surface area contributed by atoms with Gasteiger partial charge in [-0.25, -0.2) is 10.8 Å². The van der Waals surface area contributed by atoms with E-state index in [9.17, 15) is 4.79 Å². The van der Waals surface area contributed by atoms with Gasteiger partial charge in [0.2, 0.25) is 0 Å². The number of aromatic nitrogens is 1. The summed E-state index contributed by atoms with van der Waals surface area (Å²) in [6.07, 6.45) is 1.68. The first-order chi connectivity index (χ1) is 10.1. The van der Waals surface area contributed by atoms with E-state index >= 15 is 0 Å². The number of nitrogens with zero attached hydrogens (tertiary/aromatic N) is 1. The van der Waals surface area contributed by atoms with Gasteiger partial charge in [0.1, 0.15) is 10.6 Å². The van der Waals surface area contributed by atoms with Crippen LogP contribution in [0.25, 0.3) is 0 Å². The van der Waals surface area contributed by atoms with Crippen LogP contribution in [-0.4, -0.2) is 17.5 Å². The van der Waals surface area contributed by atoms with Crippen molar-refractivity contribution in [2.24, 2.45) is 5.84 Å². The van der Waals surface area contributed by atoms with E-state index in [0.717, 1.165) is 17.2 Å². The highest BCUT2D eigenvalue weighted by atomic mass is 32.1. The number of rotatable bonds is 6. The number of hydrogen-bond donors (Lipinski definition) is 2. The Morgan fingerprint density at radius 2 is 2.10 bits per heavy atom. The molecule has 0 unspecified atom stereocenters. The molecule has 0 bridgehead atoms. The highest BCUT2D eigenvalue weighted by Crippen LogP contribution is 2.19. The monoisotopic (exact) mass is 305 g/mol. The van der Waals surface area contributed by atoms with Gasteiger partial charge < -0.3 is 4.74 Å². The lowest BCUT2D eigenvalue weighted by atomic mass is 10.2. The number of benzene rings is 1. The molecule has 0 saturated heterocycles. The van der Waals surface area contributed by atoms with Gasteiger partial charge >= 0.3 is 0 Å². The Morgan fingerprint density at radius 1 is 1.38 bits per heavy atom. The van der Waals surface area contributed by atoms with Crippen LogP contribution >= 0.6 is 11.3 Å². The van der Waals surface area contributed by atoms with Crippen LogP contribution in [0.1, 0.15) is 32.9 Å². The number of ether oxygens (including phenoxy) is 1. The molecule has 1 aromatic heterocycles. The molecule has 5 nitrogen and oxygen atoms in total. The molecule has 0 aliphatic heterocycles. The summed E-state index contributed by atoms with van der Waals surface area (Å²) < 4.78 is 5.69. The predicted octanol–water partition coefficient (Wildman–Crippen LogP) is 2.24. The molecule has 0 spiro atoms. The van der Waals surface area contributed by atoms with Gasteiger partial charge in [0.25, 0.3) is 5.91 Å². The number of nitrogens with two attached hydrogens (primary N) is 1. The topological polar surface area (TPSA) is 77.2 Å². The number of aryl methyl sites for hydroxylation is 2. The second-order valence-electron chi connectivity index (χ2n) is 4.59. The Bertz CT molecular complexity index is 608. The van der Waals surface area contributed by atoms with Crippen LogP contribution in [0.4, 0.5) is 0 Å². The number of carbonyl (C=O) groups is 1. The standard InChI is InChI=1S/C15H19N3O2S/c1-3-11-4-6-12(7-5-11)20-9-8-13-17-10(2)14(21-13)15(19)18-16/h4-7H,3,8-9,16H2,1-2H3,(H,18,19). The molecule has 0 saturated carbocycles. The minimum absolute atomic E-state index is 0.299. The Morgan fingerprint density at radius 3 is 2.71 bits per heavy atom. The quantitative estimate of drug-likeness (QED) is 0.487. The lowest BCUT2D eigenvalue weighted by molar-refractivity contribution is 0.0957. The maximum absolute atomic E-state index is 11.5. The number of amides is 1. The third-order valence-corrected chi connectivity index (χ3v) is 4.31. The Balaban J connectivity index is 1.89. The molecule has 6 heteroatoms. The smallest absolute Gasteiger partial charge is 0.277 e. The van der Waals surface area contributed by atoms with E-state index in [0.29, 0.717) is 23.6 Å². The summed E-state index contributed by atoms with van der Waals surface area (Å²) in [7, 11) is 0. The van der Waals surface area contributed by atoms with Crippen molar-refractivity contribution in [2.45, 2.75) is 26.7 Å². The van der Waals surface area contributed by atoms with Crippen LogP contribution < -0.4 is 16.0 Å². The SMILES string of the molecule is CCc1ccc(OCCc2nc(C)c(C(=O)NN)s2)cc1. The van der Waals surface area contributed by atoms with E-state index in [1.807, 2.05) is 12.1 Å². The summed E-state index contributed by atoms with van der Waals surface area (Å²) >= 11 is 1.35. The second-order valence-corrected chi connectivity index (χ2v) is 5.68. The number of thiazole rings is 1. The third-order valence-electron chi connectivity index (χ3n) is 3.09. The Labute approximate surface area is 128 Å². The van der Waals surface area contributed by atoms with Gasteiger partial charge in [-0.05, 0) is 31.0 Å². The predicted molar refractivity (Wildman–Crippen MR) is 83.5 cm³/mol. The maximum atomic E-state index is 11.5. The minimum Gasteiger partial charge on any atom is -0.493 e. The zero-order valence-electron chi connectivity index (χ0n) is 12.2. The first kappa shape index (κ1) is 15.5. The molecule has 2 aromatic rings. The van der Waals surface area contributed by atoms with E-state index in [2.05, 4.69) is 29.5 Å². The Kier molecular flexibility index (Phi) is 5.30. The van der Waals surface area contributed by atoms with Crippen molar-refractivity contribution in [1.29, 1.82) is 0 Å². The van der Waals surface area contributed by atoms with Gasteiger partial charge in [0.05, 0.1) is 17.3 Å². The number of hydrogen-bond acceptors (Lipinski definition) is 5. The molecular formula is C15H19N3O2S. The van der Waals surface area contributed by atoms with Gasteiger partial charge in [-0.2, -0.15) is 0 Å².